The maximum Gasteiger partial charge on any atom is 0.331 e. The summed E-state index contributed by atoms with van der Waals surface area (Å²) in [5, 5.41) is 10.7. The van der Waals surface area contributed by atoms with Crippen LogP contribution in [0.15, 0.2) is 42.5 Å². The third-order valence-corrected chi connectivity index (χ3v) is 4.49. The number of hydrogen-bond acceptors (Lipinski definition) is 6. The highest BCUT2D eigenvalue weighted by Crippen LogP contribution is 2.28. The Hall–Kier alpha value is -2.58. The van der Waals surface area contributed by atoms with E-state index in [1.54, 1.807) is 16.3 Å². The highest BCUT2D eigenvalue weighted by atomic mass is 35.5. The number of carbonyl (C=O) groups is 1. The first-order valence-corrected chi connectivity index (χ1v) is 9.34. The van der Waals surface area contributed by atoms with Crippen LogP contribution in [0.2, 0.25) is 5.02 Å². The van der Waals surface area contributed by atoms with Gasteiger partial charge >= 0.3 is 5.97 Å². The van der Waals surface area contributed by atoms with Crippen LogP contribution in [-0.4, -0.2) is 26.7 Å². The second kappa shape index (κ2) is 7.76. The second-order valence-corrected chi connectivity index (χ2v) is 6.65. The van der Waals surface area contributed by atoms with Crippen molar-refractivity contribution in [1.82, 2.24) is 9.55 Å². The fraction of sp³-hybridized carbons (Fsp3) is 0.176. The van der Waals surface area contributed by atoms with E-state index in [9.17, 15) is 14.9 Å². The van der Waals surface area contributed by atoms with Crippen LogP contribution < -0.4 is 4.74 Å². The van der Waals surface area contributed by atoms with Gasteiger partial charge in [0.25, 0.3) is 5.69 Å². The minimum absolute atomic E-state index is 0.0228. The van der Waals surface area contributed by atoms with E-state index in [1.165, 1.54) is 18.2 Å². The predicted molar refractivity (Wildman–Crippen MR) is 101 cm³/mol. The molecule has 0 aliphatic rings. The Morgan fingerprint density at radius 2 is 2.12 bits per heavy atom. The van der Waals surface area contributed by atoms with E-state index >= 15 is 0 Å². The van der Waals surface area contributed by atoms with Crippen molar-refractivity contribution in [2.24, 2.45) is 0 Å². The van der Waals surface area contributed by atoms with Gasteiger partial charge in [0.2, 0.25) is 0 Å². The highest BCUT2D eigenvalue weighted by Gasteiger charge is 2.17. The average Bonchev–Trinajstić information content (AvgIpc) is 2.92. The number of nitro benzene ring substituents is 1. The minimum atomic E-state index is -0.597. The summed E-state index contributed by atoms with van der Waals surface area (Å²) in [4.78, 5) is 27.1. The Morgan fingerprint density at radius 1 is 1.35 bits per heavy atom. The monoisotopic (exact) mass is 391 g/mol. The van der Waals surface area contributed by atoms with Gasteiger partial charge in [-0.25, -0.2) is 9.78 Å². The lowest BCUT2D eigenvalue weighted by atomic mass is 10.3. The van der Waals surface area contributed by atoms with E-state index in [0.717, 1.165) is 16.9 Å². The van der Waals surface area contributed by atoms with Crippen LogP contribution in [-0.2, 0) is 17.1 Å². The first-order chi connectivity index (χ1) is 12.5. The van der Waals surface area contributed by atoms with E-state index in [-0.39, 0.29) is 23.0 Å². The summed E-state index contributed by atoms with van der Waals surface area (Å²) >= 11 is 7.45. The number of thioether (sulfide) groups is 1. The Kier molecular flexibility index (Phi) is 5.43. The lowest BCUT2D eigenvalue weighted by Crippen LogP contribution is -2.18. The molecule has 0 aliphatic heterocycles. The SMILES string of the molecule is CSCc1nc2ccccc2n1CC(=O)Oc1ccc([N+](=O)[O-])c(Cl)c1. The summed E-state index contributed by atoms with van der Waals surface area (Å²) in [7, 11) is 0. The van der Waals surface area contributed by atoms with Crippen molar-refractivity contribution in [2.75, 3.05) is 6.26 Å². The second-order valence-electron chi connectivity index (χ2n) is 5.38. The van der Waals surface area contributed by atoms with Crippen LogP contribution >= 0.6 is 23.4 Å². The van der Waals surface area contributed by atoms with Crippen molar-refractivity contribution >= 4 is 46.1 Å². The van der Waals surface area contributed by atoms with Crippen molar-refractivity contribution in [3.8, 4) is 5.75 Å². The molecule has 9 heteroatoms. The molecule has 0 saturated heterocycles. The van der Waals surface area contributed by atoms with Crippen LogP contribution in [0.4, 0.5) is 5.69 Å². The maximum absolute atomic E-state index is 12.4. The van der Waals surface area contributed by atoms with Gasteiger partial charge in [-0.15, -0.1) is 0 Å². The molecule has 0 aliphatic carbocycles. The standard InChI is InChI=1S/C17H14ClN3O4S/c1-26-10-16-19-13-4-2-3-5-15(13)20(16)9-17(22)25-11-6-7-14(21(23)24)12(18)8-11/h2-8H,9-10H2,1H3. The number of aromatic nitrogens is 2. The Balaban J connectivity index is 1.82. The van der Waals surface area contributed by atoms with Crippen LogP contribution in [0.3, 0.4) is 0 Å². The minimum Gasteiger partial charge on any atom is -0.425 e. The molecule has 0 bridgehead atoms. The Bertz CT molecular complexity index is 989. The third kappa shape index (κ3) is 3.81. The molecule has 3 rings (SSSR count). The molecule has 0 saturated carbocycles. The molecular formula is C17H14ClN3O4S. The highest BCUT2D eigenvalue weighted by molar-refractivity contribution is 7.97. The summed E-state index contributed by atoms with van der Waals surface area (Å²) in [5.41, 5.74) is 1.41. The van der Waals surface area contributed by atoms with E-state index in [2.05, 4.69) is 4.98 Å². The summed E-state index contributed by atoms with van der Waals surface area (Å²) in [5.74, 6) is 1.07. The molecular weight excluding hydrogens is 378 g/mol. The number of rotatable bonds is 6. The molecule has 0 radical (unpaired) electrons. The van der Waals surface area contributed by atoms with Gasteiger partial charge in [0.1, 0.15) is 23.1 Å². The van der Waals surface area contributed by atoms with E-state index in [0.29, 0.717) is 5.75 Å². The first-order valence-electron chi connectivity index (χ1n) is 7.57. The topological polar surface area (TPSA) is 87.3 Å². The lowest BCUT2D eigenvalue weighted by Gasteiger charge is -2.09. The van der Waals surface area contributed by atoms with Gasteiger partial charge in [-0.05, 0) is 24.5 Å². The summed E-state index contributed by atoms with van der Waals surface area (Å²) in [6.07, 6.45) is 1.96. The van der Waals surface area contributed by atoms with Crippen molar-refractivity contribution in [3.05, 3.63) is 63.4 Å². The molecule has 0 atom stereocenters. The van der Waals surface area contributed by atoms with Crippen molar-refractivity contribution in [2.45, 2.75) is 12.3 Å². The van der Waals surface area contributed by atoms with Crippen molar-refractivity contribution in [1.29, 1.82) is 0 Å². The van der Waals surface area contributed by atoms with E-state index < -0.39 is 10.9 Å². The zero-order chi connectivity index (χ0) is 18.7. The molecule has 0 N–H and O–H groups in total. The number of ether oxygens (including phenoxy) is 1. The van der Waals surface area contributed by atoms with Gasteiger partial charge in [0, 0.05) is 12.1 Å². The number of nitro groups is 1. The number of fused-ring (bicyclic) bond motifs is 1. The number of para-hydroxylation sites is 2. The normalized spacial score (nSPS) is 10.8. The fourth-order valence-electron chi connectivity index (χ4n) is 2.53. The molecule has 7 nitrogen and oxygen atoms in total. The van der Waals surface area contributed by atoms with Crippen LogP contribution in [0.1, 0.15) is 5.82 Å². The molecule has 1 heterocycles. The predicted octanol–water partition coefficient (Wildman–Crippen LogP) is 4.07. The Morgan fingerprint density at radius 3 is 2.81 bits per heavy atom. The summed E-state index contributed by atoms with van der Waals surface area (Å²) in [6, 6.07) is 11.4. The number of hydrogen-bond donors (Lipinski definition) is 0. The van der Waals surface area contributed by atoms with E-state index in [4.69, 9.17) is 16.3 Å². The summed E-state index contributed by atoms with van der Waals surface area (Å²) in [6.45, 7) is -0.0228. The molecule has 1 aromatic heterocycles. The summed E-state index contributed by atoms with van der Waals surface area (Å²) < 4.78 is 7.09. The van der Waals surface area contributed by atoms with Crippen LogP contribution in [0, 0.1) is 10.1 Å². The number of halogens is 1. The van der Waals surface area contributed by atoms with Gasteiger partial charge in [0.05, 0.1) is 21.7 Å². The molecule has 0 unspecified atom stereocenters. The molecule has 134 valence electrons. The van der Waals surface area contributed by atoms with Gasteiger partial charge in [-0.2, -0.15) is 11.8 Å². The molecule has 26 heavy (non-hydrogen) atoms. The van der Waals surface area contributed by atoms with Gasteiger partial charge in [0.15, 0.2) is 0 Å². The largest absolute Gasteiger partial charge is 0.425 e. The van der Waals surface area contributed by atoms with E-state index in [1.807, 2.05) is 30.5 Å². The number of carbonyl (C=O) groups excluding carboxylic acids is 1. The average molecular weight is 392 g/mol. The van der Waals surface area contributed by atoms with Gasteiger partial charge in [-0.3, -0.25) is 10.1 Å². The van der Waals surface area contributed by atoms with Crippen LogP contribution in [0.5, 0.6) is 5.75 Å². The smallest absolute Gasteiger partial charge is 0.331 e. The number of benzene rings is 2. The van der Waals surface area contributed by atoms with Crippen molar-refractivity contribution in [3.63, 3.8) is 0 Å². The van der Waals surface area contributed by atoms with Crippen LogP contribution in [0.25, 0.3) is 11.0 Å². The third-order valence-electron chi connectivity index (χ3n) is 3.64. The number of esters is 1. The molecule has 2 aromatic carbocycles. The van der Waals surface area contributed by atoms with Gasteiger partial charge in [-0.1, -0.05) is 23.7 Å². The lowest BCUT2D eigenvalue weighted by molar-refractivity contribution is -0.384. The van der Waals surface area contributed by atoms with Crippen molar-refractivity contribution < 1.29 is 14.5 Å². The molecule has 0 spiro atoms. The molecule has 0 fully saturated rings. The Labute approximate surface area is 158 Å². The zero-order valence-corrected chi connectivity index (χ0v) is 15.3. The molecule has 3 aromatic rings. The quantitative estimate of drug-likeness (QED) is 0.272. The molecule has 0 amide bonds. The maximum atomic E-state index is 12.4. The van der Waals surface area contributed by atoms with Gasteiger partial charge < -0.3 is 9.30 Å². The number of imidazole rings is 1. The number of nitrogens with zero attached hydrogens (tertiary/aromatic N) is 3. The zero-order valence-electron chi connectivity index (χ0n) is 13.7. The first kappa shape index (κ1) is 18.2. The fourth-order valence-corrected chi connectivity index (χ4v) is 3.25.